The number of thiazole rings is 1. The number of carbonyl (C=O) groups is 1. The molecular weight excluding hydrogens is 607 g/mol. The summed E-state index contributed by atoms with van der Waals surface area (Å²) in [5.41, 5.74) is 3.50. The molecule has 0 saturated carbocycles. The molecule has 0 atom stereocenters. The number of alkyl halides is 3. The monoisotopic (exact) mass is 636 g/mol. The number of carboxylic acids is 1. The zero-order valence-corrected chi connectivity index (χ0v) is 24.3. The van der Waals surface area contributed by atoms with Crippen LogP contribution in [0.5, 0.6) is 0 Å². The molecule has 0 radical (unpaired) electrons. The lowest BCUT2D eigenvalue weighted by atomic mass is 9.84. The van der Waals surface area contributed by atoms with E-state index in [1.54, 1.807) is 7.11 Å². The van der Waals surface area contributed by atoms with Crippen molar-refractivity contribution in [2.45, 2.75) is 43.6 Å². The van der Waals surface area contributed by atoms with Gasteiger partial charge >= 0.3 is 12.1 Å². The van der Waals surface area contributed by atoms with Crippen LogP contribution in [0.1, 0.15) is 25.0 Å². The van der Waals surface area contributed by atoms with Gasteiger partial charge in [0.2, 0.25) is 0 Å². The minimum atomic E-state index is -5.08. The largest absolute Gasteiger partial charge is 0.490 e. The predicted molar refractivity (Wildman–Crippen MR) is 147 cm³/mol. The van der Waals surface area contributed by atoms with Crippen LogP contribution in [0.15, 0.2) is 52.2 Å². The molecule has 42 heavy (non-hydrogen) atoms. The van der Waals surface area contributed by atoms with Crippen molar-refractivity contribution in [2.24, 2.45) is 5.92 Å². The summed E-state index contributed by atoms with van der Waals surface area (Å²) in [6.45, 7) is 7.15. The van der Waals surface area contributed by atoms with Gasteiger partial charge in [0.1, 0.15) is 11.6 Å². The molecule has 4 rings (SSSR count). The minimum absolute atomic E-state index is 0.00640. The zero-order valence-electron chi connectivity index (χ0n) is 22.7. The van der Waals surface area contributed by atoms with E-state index < -0.39 is 38.7 Å². The molecule has 1 aliphatic heterocycles. The first kappa shape index (κ1) is 33.2. The van der Waals surface area contributed by atoms with Gasteiger partial charge in [0.25, 0.3) is 10.0 Å². The minimum Gasteiger partial charge on any atom is -0.475 e. The van der Waals surface area contributed by atoms with Gasteiger partial charge in [-0.3, -0.25) is 9.62 Å². The van der Waals surface area contributed by atoms with E-state index in [4.69, 9.17) is 14.6 Å². The fourth-order valence-corrected chi connectivity index (χ4v) is 5.68. The number of halogens is 5. The van der Waals surface area contributed by atoms with E-state index in [0.717, 1.165) is 54.2 Å². The van der Waals surface area contributed by atoms with Crippen molar-refractivity contribution >= 4 is 38.8 Å². The Balaban J connectivity index is 0.000000616. The molecule has 3 aromatic rings. The Labute approximate surface area is 243 Å². The van der Waals surface area contributed by atoms with Gasteiger partial charge in [0, 0.05) is 50.3 Å². The number of aliphatic carboxylic acids is 1. The Hall–Kier alpha value is -3.34. The normalized spacial score (nSPS) is 14.5. The second-order valence-electron chi connectivity index (χ2n) is 9.87. The Morgan fingerprint density at radius 3 is 2.21 bits per heavy atom. The number of carboxylic acid groups (broad SMARTS) is 1. The summed E-state index contributed by atoms with van der Waals surface area (Å²) in [7, 11) is -2.73. The van der Waals surface area contributed by atoms with Crippen LogP contribution in [-0.2, 0) is 32.6 Å². The lowest BCUT2D eigenvalue weighted by molar-refractivity contribution is -0.192. The number of hydrogen-bond acceptors (Lipinski definition) is 8. The molecule has 1 saturated heterocycles. The molecule has 1 aliphatic rings. The zero-order chi connectivity index (χ0) is 31.3. The van der Waals surface area contributed by atoms with Crippen LogP contribution >= 0.6 is 11.3 Å². The molecule has 0 aliphatic carbocycles. The number of anilines is 2. The summed E-state index contributed by atoms with van der Waals surface area (Å²) < 4.78 is 93.7. The maximum atomic E-state index is 14.7. The lowest BCUT2D eigenvalue weighted by Crippen LogP contribution is -2.55. The fraction of sp³-hybridized carbons (Fsp3) is 0.385. The van der Waals surface area contributed by atoms with E-state index in [1.165, 1.54) is 10.9 Å². The van der Waals surface area contributed by atoms with Gasteiger partial charge in [-0.05, 0) is 37.1 Å². The number of sulfonamides is 1. The van der Waals surface area contributed by atoms with Gasteiger partial charge < -0.3 is 15.2 Å². The van der Waals surface area contributed by atoms with Gasteiger partial charge in [-0.1, -0.05) is 24.3 Å². The number of methoxy groups -OCH3 is 1. The molecular formula is C26H29F5N4O5S2. The van der Waals surface area contributed by atoms with E-state index >= 15 is 0 Å². The molecule has 2 aromatic carbocycles. The van der Waals surface area contributed by atoms with Crippen LogP contribution in [0.4, 0.5) is 33.5 Å². The number of rotatable bonds is 10. The van der Waals surface area contributed by atoms with Crippen LogP contribution in [0.2, 0.25) is 0 Å². The predicted octanol–water partition coefficient (Wildman–Crippen LogP) is 5.32. The second-order valence-corrected chi connectivity index (χ2v) is 12.2. The SMILES string of the molecule is COC(C)(C)C1CN(Cc2ccccc2CNc2cc(F)c(S(=O)(=O)Nc3cscn3)c(F)c2)C1.O=C(O)C(F)(F)F. The first-order chi connectivity index (χ1) is 19.5. The number of ether oxygens (including phenoxy) is 1. The van der Waals surface area contributed by atoms with Gasteiger partial charge in [-0.2, -0.15) is 13.2 Å². The number of benzene rings is 2. The van der Waals surface area contributed by atoms with Crippen LogP contribution in [0.25, 0.3) is 0 Å². The standard InChI is InChI=1S/C24H28F2N4O3S2.C2HF3O2/c1-24(2,33-3)18-12-30(13-18)11-17-7-5-4-6-16(17)10-27-19-8-20(25)23(21(26)9-19)35(31,32)29-22-14-34-15-28-22;3-2(4,5)1(6)7/h4-9,14-15,18,27,29H,10-13H2,1-3H3;(H,6,7). The Kier molecular flexibility index (Phi) is 10.5. The van der Waals surface area contributed by atoms with Gasteiger partial charge in [-0.15, -0.1) is 11.3 Å². The third-order valence-electron chi connectivity index (χ3n) is 6.64. The highest BCUT2D eigenvalue weighted by Gasteiger charge is 2.39. The quantitative estimate of drug-likeness (QED) is 0.256. The summed E-state index contributed by atoms with van der Waals surface area (Å²) in [5, 5.41) is 11.6. The molecule has 0 bridgehead atoms. The van der Waals surface area contributed by atoms with E-state index in [-0.39, 0.29) is 17.1 Å². The first-order valence-corrected chi connectivity index (χ1v) is 14.7. The van der Waals surface area contributed by atoms with Gasteiger partial charge in [-0.25, -0.2) is 27.0 Å². The first-order valence-electron chi connectivity index (χ1n) is 12.3. The van der Waals surface area contributed by atoms with Crippen molar-refractivity contribution in [1.29, 1.82) is 0 Å². The molecule has 0 unspecified atom stereocenters. The average molecular weight is 637 g/mol. The van der Waals surface area contributed by atoms with Crippen molar-refractivity contribution in [3.05, 3.63) is 70.1 Å². The second kappa shape index (κ2) is 13.3. The Morgan fingerprint density at radius 2 is 1.71 bits per heavy atom. The van der Waals surface area contributed by atoms with E-state index in [1.807, 2.05) is 24.3 Å². The molecule has 3 N–H and O–H groups in total. The summed E-state index contributed by atoms with van der Waals surface area (Å²) in [4.78, 5) is 14.0. The molecule has 230 valence electrons. The van der Waals surface area contributed by atoms with Crippen molar-refractivity contribution in [3.8, 4) is 0 Å². The molecule has 1 fully saturated rings. The molecule has 1 aromatic heterocycles. The van der Waals surface area contributed by atoms with Gasteiger partial charge in [0.15, 0.2) is 10.7 Å². The summed E-state index contributed by atoms with van der Waals surface area (Å²) >= 11 is 1.16. The van der Waals surface area contributed by atoms with Crippen LogP contribution < -0.4 is 10.0 Å². The third-order valence-corrected chi connectivity index (χ3v) is 8.63. The van der Waals surface area contributed by atoms with Crippen molar-refractivity contribution in [1.82, 2.24) is 9.88 Å². The van der Waals surface area contributed by atoms with E-state index in [9.17, 15) is 30.4 Å². The third kappa shape index (κ3) is 8.59. The Morgan fingerprint density at radius 1 is 1.14 bits per heavy atom. The maximum Gasteiger partial charge on any atom is 0.490 e. The lowest BCUT2D eigenvalue weighted by Gasteiger charge is -2.47. The summed E-state index contributed by atoms with van der Waals surface area (Å²) in [6, 6.07) is 9.83. The van der Waals surface area contributed by atoms with E-state index in [0.29, 0.717) is 12.5 Å². The number of aromatic nitrogens is 1. The van der Waals surface area contributed by atoms with E-state index in [2.05, 4.69) is 33.8 Å². The summed E-state index contributed by atoms with van der Waals surface area (Å²) in [5.74, 6) is -4.66. The van der Waals surface area contributed by atoms with Crippen molar-refractivity contribution in [3.63, 3.8) is 0 Å². The van der Waals surface area contributed by atoms with Gasteiger partial charge in [0.05, 0.1) is 11.1 Å². The smallest absolute Gasteiger partial charge is 0.475 e. The molecule has 0 spiro atoms. The Bertz CT molecular complexity index is 1460. The van der Waals surface area contributed by atoms with Crippen LogP contribution in [0.3, 0.4) is 0 Å². The highest BCUT2D eigenvalue weighted by Crippen LogP contribution is 2.31. The molecule has 16 heteroatoms. The highest BCUT2D eigenvalue weighted by molar-refractivity contribution is 7.92. The number of hydrogen-bond donors (Lipinski definition) is 3. The maximum absolute atomic E-state index is 14.7. The van der Waals surface area contributed by atoms with Crippen molar-refractivity contribution < 1.29 is 45.0 Å². The van der Waals surface area contributed by atoms with Crippen LogP contribution in [-0.4, -0.2) is 61.4 Å². The number of likely N-dealkylation sites (tertiary alicyclic amines) is 1. The molecule has 0 amide bonds. The fourth-order valence-electron chi connectivity index (χ4n) is 4.00. The van der Waals surface area contributed by atoms with Crippen molar-refractivity contribution in [2.75, 3.05) is 30.2 Å². The van der Waals surface area contributed by atoms with Crippen LogP contribution in [0, 0.1) is 17.6 Å². The average Bonchev–Trinajstić information content (AvgIpc) is 3.36. The number of nitrogens with one attached hydrogen (secondary N) is 2. The number of nitrogens with zero attached hydrogens (tertiary/aromatic N) is 2. The molecule has 9 nitrogen and oxygen atoms in total. The summed E-state index contributed by atoms with van der Waals surface area (Å²) in [6.07, 6.45) is -5.08. The highest BCUT2D eigenvalue weighted by atomic mass is 32.2. The topological polar surface area (TPSA) is 121 Å². The molecule has 2 heterocycles.